The zero-order chi connectivity index (χ0) is 9.35. The van der Waals surface area contributed by atoms with Crippen LogP contribution >= 0.6 is 0 Å². The summed E-state index contributed by atoms with van der Waals surface area (Å²) in [5.74, 6) is 0.0906. The Morgan fingerprint density at radius 1 is 1.50 bits per heavy atom. The van der Waals surface area contributed by atoms with Crippen molar-refractivity contribution in [3.63, 3.8) is 0 Å². The van der Waals surface area contributed by atoms with Crippen LogP contribution in [0.4, 0.5) is 0 Å². The molecule has 1 saturated carbocycles. The van der Waals surface area contributed by atoms with E-state index in [2.05, 4.69) is 5.32 Å². The second kappa shape index (κ2) is 2.98. The number of hydrogen-bond acceptors (Lipinski definition) is 3. The molecule has 3 nitrogen and oxygen atoms in total. The first-order chi connectivity index (χ1) is 5.50. The predicted octanol–water partition coefficient (Wildman–Crippen LogP) is 0.533. The van der Waals surface area contributed by atoms with E-state index < -0.39 is 5.41 Å². The molecule has 1 aliphatic rings. The molecule has 1 aliphatic carbocycles. The van der Waals surface area contributed by atoms with Crippen molar-refractivity contribution < 1.29 is 9.59 Å². The molecule has 0 aromatic rings. The van der Waals surface area contributed by atoms with E-state index in [0.29, 0.717) is 6.42 Å². The summed E-state index contributed by atoms with van der Waals surface area (Å²) in [6.07, 6.45) is 0.361. The molecule has 0 aromatic heterocycles. The Morgan fingerprint density at radius 2 is 2.08 bits per heavy atom. The van der Waals surface area contributed by atoms with Gasteiger partial charge < -0.3 is 5.32 Å². The predicted molar refractivity (Wildman–Crippen MR) is 45.9 cm³/mol. The lowest BCUT2D eigenvalue weighted by molar-refractivity contribution is -0.133. The van der Waals surface area contributed by atoms with Crippen molar-refractivity contribution in [3.8, 4) is 0 Å². The van der Waals surface area contributed by atoms with Crippen molar-refractivity contribution in [1.29, 1.82) is 0 Å². The molecule has 0 bridgehead atoms. The topological polar surface area (TPSA) is 46.2 Å². The SMILES string of the molecule is CCNC1CC(=O)C(C)(C)C1=O. The molecular formula is C9H15NO2. The van der Waals surface area contributed by atoms with Gasteiger partial charge in [-0.15, -0.1) is 0 Å². The standard InChI is InChI=1S/C9H15NO2/c1-4-10-6-5-7(11)9(2,3)8(6)12/h6,10H,4-5H2,1-3H3. The summed E-state index contributed by atoms with van der Waals surface area (Å²) in [7, 11) is 0. The first kappa shape index (κ1) is 9.39. The maximum Gasteiger partial charge on any atom is 0.163 e. The molecule has 3 heteroatoms. The summed E-state index contributed by atoms with van der Waals surface area (Å²) >= 11 is 0. The van der Waals surface area contributed by atoms with Crippen molar-refractivity contribution >= 4 is 11.6 Å². The zero-order valence-corrected chi connectivity index (χ0v) is 7.81. The van der Waals surface area contributed by atoms with Crippen molar-refractivity contribution in [2.45, 2.75) is 33.2 Å². The molecule has 0 amide bonds. The molecule has 1 atom stereocenters. The minimum Gasteiger partial charge on any atom is -0.307 e. The third kappa shape index (κ3) is 1.29. The minimum atomic E-state index is -0.757. The first-order valence-corrected chi connectivity index (χ1v) is 4.31. The Hall–Kier alpha value is -0.700. The van der Waals surface area contributed by atoms with Gasteiger partial charge in [-0.3, -0.25) is 9.59 Å². The Balaban J connectivity index is 2.76. The molecule has 0 spiro atoms. The largest absolute Gasteiger partial charge is 0.307 e. The lowest BCUT2D eigenvalue weighted by Crippen LogP contribution is -2.37. The number of carbonyl (C=O) groups is 2. The fraction of sp³-hybridized carbons (Fsp3) is 0.778. The average molecular weight is 169 g/mol. The van der Waals surface area contributed by atoms with Crippen molar-refractivity contribution in [2.24, 2.45) is 5.41 Å². The lowest BCUT2D eigenvalue weighted by atomic mass is 9.89. The van der Waals surface area contributed by atoms with Crippen LogP contribution in [0.2, 0.25) is 0 Å². The smallest absolute Gasteiger partial charge is 0.163 e. The third-order valence-electron chi connectivity index (χ3n) is 2.47. The molecule has 0 saturated heterocycles. The second-order valence-corrected chi connectivity index (χ2v) is 3.73. The summed E-state index contributed by atoms with van der Waals surface area (Å²) in [4.78, 5) is 22.9. The van der Waals surface area contributed by atoms with Crippen LogP contribution in [0.25, 0.3) is 0 Å². The van der Waals surface area contributed by atoms with Crippen molar-refractivity contribution in [3.05, 3.63) is 0 Å². The second-order valence-electron chi connectivity index (χ2n) is 3.73. The Morgan fingerprint density at radius 3 is 2.42 bits per heavy atom. The molecule has 1 rings (SSSR count). The third-order valence-corrected chi connectivity index (χ3v) is 2.47. The van der Waals surface area contributed by atoms with E-state index in [1.807, 2.05) is 6.92 Å². The van der Waals surface area contributed by atoms with Gasteiger partial charge in [0, 0.05) is 6.42 Å². The molecular weight excluding hydrogens is 154 g/mol. The maximum atomic E-state index is 11.5. The zero-order valence-electron chi connectivity index (χ0n) is 7.81. The number of Topliss-reactive ketones (excluding diaryl/α,β-unsaturated/α-hetero) is 2. The van der Waals surface area contributed by atoms with E-state index in [0.717, 1.165) is 6.54 Å². The van der Waals surface area contributed by atoms with E-state index in [-0.39, 0.29) is 17.6 Å². The van der Waals surface area contributed by atoms with Gasteiger partial charge in [0.1, 0.15) is 5.78 Å². The number of carbonyl (C=O) groups excluding carboxylic acids is 2. The van der Waals surface area contributed by atoms with E-state index in [1.165, 1.54) is 0 Å². The van der Waals surface area contributed by atoms with Gasteiger partial charge in [0.15, 0.2) is 5.78 Å². The first-order valence-electron chi connectivity index (χ1n) is 4.31. The van der Waals surface area contributed by atoms with Crippen LogP contribution in [0.5, 0.6) is 0 Å². The van der Waals surface area contributed by atoms with Gasteiger partial charge in [0.2, 0.25) is 0 Å². The quantitative estimate of drug-likeness (QED) is 0.613. The number of likely N-dealkylation sites (N-methyl/N-ethyl adjacent to an activating group) is 1. The summed E-state index contributed by atoms with van der Waals surface area (Å²) in [6.45, 7) is 6.08. The van der Waals surface area contributed by atoms with Gasteiger partial charge >= 0.3 is 0 Å². The summed E-state index contributed by atoms with van der Waals surface area (Å²) < 4.78 is 0. The van der Waals surface area contributed by atoms with Gasteiger partial charge in [0.05, 0.1) is 11.5 Å². The van der Waals surface area contributed by atoms with Crippen LogP contribution in [-0.4, -0.2) is 24.2 Å². The highest BCUT2D eigenvalue weighted by Gasteiger charge is 2.47. The lowest BCUT2D eigenvalue weighted by Gasteiger charge is -2.14. The number of hydrogen-bond donors (Lipinski definition) is 1. The molecule has 1 fully saturated rings. The fourth-order valence-corrected chi connectivity index (χ4v) is 1.52. The molecule has 0 radical (unpaired) electrons. The average Bonchev–Trinajstić information content (AvgIpc) is 2.17. The van der Waals surface area contributed by atoms with Gasteiger partial charge in [-0.05, 0) is 20.4 Å². The van der Waals surface area contributed by atoms with Gasteiger partial charge in [-0.2, -0.15) is 0 Å². The van der Waals surface area contributed by atoms with Gasteiger partial charge in [-0.1, -0.05) is 6.92 Å². The van der Waals surface area contributed by atoms with E-state index in [9.17, 15) is 9.59 Å². The molecule has 0 aliphatic heterocycles. The molecule has 1 N–H and O–H groups in total. The number of nitrogens with one attached hydrogen (secondary N) is 1. The highest BCUT2D eigenvalue weighted by molar-refractivity contribution is 6.15. The molecule has 1 unspecified atom stereocenters. The van der Waals surface area contributed by atoms with Crippen LogP contribution in [0.15, 0.2) is 0 Å². The summed E-state index contributed by atoms with van der Waals surface area (Å²) in [6, 6.07) is -0.238. The van der Waals surface area contributed by atoms with Gasteiger partial charge in [-0.25, -0.2) is 0 Å². The monoisotopic (exact) mass is 169 g/mol. The maximum absolute atomic E-state index is 11.5. The summed E-state index contributed by atoms with van der Waals surface area (Å²) in [5, 5.41) is 3.01. The normalized spacial score (nSPS) is 28.1. The molecule has 0 heterocycles. The Kier molecular flexibility index (Phi) is 2.33. The number of ketones is 2. The van der Waals surface area contributed by atoms with Crippen LogP contribution in [0.1, 0.15) is 27.2 Å². The highest BCUT2D eigenvalue weighted by Crippen LogP contribution is 2.30. The molecule has 12 heavy (non-hydrogen) atoms. The van der Waals surface area contributed by atoms with E-state index >= 15 is 0 Å². The summed E-state index contributed by atoms with van der Waals surface area (Å²) in [5.41, 5.74) is -0.757. The van der Waals surface area contributed by atoms with Crippen LogP contribution in [-0.2, 0) is 9.59 Å². The Labute approximate surface area is 72.5 Å². The van der Waals surface area contributed by atoms with Crippen LogP contribution < -0.4 is 5.32 Å². The molecule has 68 valence electrons. The van der Waals surface area contributed by atoms with Crippen molar-refractivity contribution in [2.75, 3.05) is 6.54 Å². The Bertz CT molecular complexity index is 221. The van der Waals surface area contributed by atoms with Crippen LogP contribution in [0.3, 0.4) is 0 Å². The molecule has 0 aromatic carbocycles. The number of rotatable bonds is 2. The van der Waals surface area contributed by atoms with Crippen LogP contribution in [0, 0.1) is 5.41 Å². The van der Waals surface area contributed by atoms with Crippen molar-refractivity contribution in [1.82, 2.24) is 5.32 Å². The van der Waals surface area contributed by atoms with Gasteiger partial charge in [0.25, 0.3) is 0 Å². The fourth-order valence-electron chi connectivity index (χ4n) is 1.52. The van der Waals surface area contributed by atoms with E-state index in [1.54, 1.807) is 13.8 Å². The minimum absolute atomic E-state index is 0.0364. The highest BCUT2D eigenvalue weighted by atomic mass is 16.2. The van der Waals surface area contributed by atoms with E-state index in [4.69, 9.17) is 0 Å².